The van der Waals surface area contributed by atoms with Crippen molar-refractivity contribution >= 4 is 55.1 Å². The van der Waals surface area contributed by atoms with Gasteiger partial charge >= 0.3 is 0 Å². The quantitative estimate of drug-likeness (QED) is 0.752. The van der Waals surface area contributed by atoms with Gasteiger partial charge in [0.05, 0.1) is 11.3 Å². The van der Waals surface area contributed by atoms with E-state index in [9.17, 15) is 9.90 Å². The summed E-state index contributed by atoms with van der Waals surface area (Å²) in [6.45, 7) is 0. The molecule has 0 spiro atoms. The van der Waals surface area contributed by atoms with Crippen molar-refractivity contribution in [1.82, 2.24) is 0 Å². The van der Waals surface area contributed by atoms with Crippen LogP contribution in [0.5, 0.6) is 5.75 Å². The van der Waals surface area contributed by atoms with Gasteiger partial charge in [0.1, 0.15) is 5.75 Å². The third-order valence-corrected chi connectivity index (χ3v) is 3.96. The van der Waals surface area contributed by atoms with E-state index in [-0.39, 0.29) is 11.3 Å². The summed E-state index contributed by atoms with van der Waals surface area (Å²) < 4.78 is 1.47. The average molecular weight is 405 g/mol. The smallest absolute Gasteiger partial charge is 0.259 e. The lowest BCUT2D eigenvalue weighted by molar-refractivity contribution is 0.102. The molecule has 2 rings (SSSR count). The molecule has 1 amide bonds. The molecule has 0 heterocycles. The van der Waals surface area contributed by atoms with Crippen molar-refractivity contribution < 1.29 is 9.90 Å². The van der Waals surface area contributed by atoms with Gasteiger partial charge in [0.15, 0.2) is 0 Å². The minimum Gasteiger partial charge on any atom is -0.507 e. The first-order valence-corrected chi connectivity index (χ1v) is 7.19. The first kappa shape index (κ1) is 14.4. The Labute approximate surface area is 131 Å². The summed E-state index contributed by atoms with van der Waals surface area (Å²) in [5, 5.41) is 12.8. The van der Waals surface area contributed by atoms with E-state index in [1.807, 2.05) is 6.07 Å². The number of carbonyl (C=O) groups excluding carboxylic acids is 1. The zero-order chi connectivity index (χ0) is 14.0. The minimum absolute atomic E-state index is 0.120. The number of anilines is 1. The molecule has 19 heavy (non-hydrogen) atoms. The molecule has 0 aliphatic rings. The van der Waals surface area contributed by atoms with Crippen molar-refractivity contribution in [1.29, 1.82) is 0 Å². The molecular weight excluding hydrogens is 397 g/mol. The maximum absolute atomic E-state index is 12.1. The fourth-order valence-corrected chi connectivity index (χ4v) is 2.86. The van der Waals surface area contributed by atoms with Crippen LogP contribution in [0, 0.1) is 0 Å². The summed E-state index contributed by atoms with van der Waals surface area (Å²) >= 11 is 12.5. The lowest BCUT2D eigenvalue weighted by Crippen LogP contribution is -2.13. The zero-order valence-electron chi connectivity index (χ0n) is 9.45. The monoisotopic (exact) mass is 403 g/mol. The Morgan fingerprint density at radius 3 is 2.42 bits per heavy atom. The molecule has 3 nitrogen and oxygen atoms in total. The minimum atomic E-state index is -0.437. The van der Waals surface area contributed by atoms with Gasteiger partial charge in [-0.1, -0.05) is 17.7 Å². The maximum atomic E-state index is 12.1. The zero-order valence-corrected chi connectivity index (χ0v) is 13.4. The molecule has 2 aromatic rings. The normalized spacial score (nSPS) is 10.3. The van der Waals surface area contributed by atoms with E-state index in [1.54, 1.807) is 12.1 Å². The Bertz CT molecular complexity index is 626. The summed E-state index contributed by atoms with van der Waals surface area (Å²) in [4.78, 5) is 12.1. The Kier molecular flexibility index (Phi) is 4.50. The van der Waals surface area contributed by atoms with Gasteiger partial charge < -0.3 is 10.4 Å². The fraction of sp³-hybridized carbons (Fsp3) is 0. The predicted octanol–water partition coefficient (Wildman–Crippen LogP) is 4.82. The van der Waals surface area contributed by atoms with E-state index >= 15 is 0 Å². The molecule has 2 N–H and O–H groups in total. The first-order valence-electron chi connectivity index (χ1n) is 5.23. The highest BCUT2D eigenvalue weighted by atomic mass is 79.9. The van der Waals surface area contributed by atoms with Crippen molar-refractivity contribution in [2.45, 2.75) is 0 Å². The second-order valence-electron chi connectivity index (χ2n) is 3.71. The number of nitrogens with one attached hydrogen (secondary N) is 1. The van der Waals surface area contributed by atoms with Crippen LogP contribution in [0.2, 0.25) is 5.02 Å². The number of amides is 1. The largest absolute Gasteiger partial charge is 0.507 e. The van der Waals surface area contributed by atoms with Crippen LogP contribution < -0.4 is 5.32 Å². The molecule has 0 fully saturated rings. The van der Waals surface area contributed by atoms with Crippen LogP contribution in [0.4, 0.5) is 5.69 Å². The SMILES string of the molecule is O=C(Nc1c(Br)cccc1Br)c1cc(Cl)ccc1O. The molecule has 0 saturated carbocycles. The van der Waals surface area contributed by atoms with E-state index in [1.165, 1.54) is 18.2 Å². The Balaban J connectivity index is 2.34. The maximum Gasteiger partial charge on any atom is 0.259 e. The number of phenols is 1. The number of hydrogen-bond donors (Lipinski definition) is 2. The number of rotatable bonds is 2. The third kappa shape index (κ3) is 3.29. The molecular formula is C13H8Br2ClNO2. The summed E-state index contributed by atoms with van der Waals surface area (Å²) in [6, 6.07) is 9.75. The second kappa shape index (κ2) is 5.94. The molecule has 6 heteroatoms. The molecule has 0 unspecified atom stereocenters. The van der Waals surface area contributed by atoms with E-state index in [0.717, 1.165) is 8.95 Å². The van der Waals surface area contributed by atoms with Crippen LogP contribution in [0.3, 0.4) is 0 Å². The molecule has 0 saturated heterocycles. The molecule has 0 aliphatic heterocycles. The number of hydrogen-bond acceptors (Lipinski definition) is 2. The van der Waals surface area contributed by atoms with Gasteiger partial charge in [-0.2, -0.15) is 0 Å². The average Bonchev–Trinajstić information content (AvgIpc) is 2.37. The number of benzene rings is 2. The lowest BCUT2D eigenvalue weighted by atomic mass is 10.2. The summed E-state index contributed by atoms with van der Waals surface area (Å²) in [5.41, 5.74) is 0.710. The number of phenolic OH excluding ortho intramolecular Hbond substituents is 1. The van der Waals surface area contributed by atoms with E-state index in [0.29, 0.717) is 10.7 Å². The Morgan fingerprint density at radius 1 is 1.16 bits per heavy atom. The number of para-hydroxylation sites is 1. The van der Waals surface area contributed by atoms with Crippen LogP contribution in [0.1, 0.15) is 10.4 Å². The second-order valence-corrected chi connectivity index (χ2v) is 5.86. The molecule has 0 aromatic heterocycles. The van der Waals surface area contributed by atoms with E-state index < -0.39 is 5.91 Å². The Hall–Kier alpha value is -1.04. The predicted molar refractivity (Wildman–Crippen MR) is 82.9 cm³/mol. The van der Waals surface area contributed by atoms with Crippen molar-refractivity contribution in [3.63, 3.8) is 0 Å². The highest BCUT2D eigenvalue weighted by Crippen LogP contribution is 2.31. The summed E-state index contributed by atoms with van der Waals surface area (Å²) in [6.07, 6.45) is 0. The first-order chi connectivity index (χ1) is 8.99. The van der Waals surface area contributed by atoms with E-state index in [2.05, 4.69) is 37.2 Å². The highest BCUT2D eigenvalue weighted by Gasteiger charge is 2.14. The van der Waals surface area contributed by atoms with Gasteiger partial charge in [-0.3, -0.25) is 4.79 Å². The molecule has 0 bridgehead atoms. The van der Waals surface area contributed by atoms with Crippen LogP contribution in [0.15, 0.2) is 45.3 Å². The lowest BCUT2D eigenvalue weighted by Gasteiger charge is -2.10. The molecule has 98 valence electrons. The number of halogens is 3. The van der Waals surface area contributed by atoms with Gasteiger partial charge in [0, 0.05) is 14.0 Å². The standard InChI is InChI=1S/C13H8Br2ClNO2/c14-9-2-1-3-10(15)12(9)17-13(19)8-6-7(16)4-5-11(8)18/h1-6,18H,(H,17,19). The van der Waals surface area contributed by atoms with Gasteiger partial charge in [-0.25, -0.2) is 0 Å². The van der Waals surface area contributed by atoms with Gasteiger partial charge in [-0.15, -0.1) is 0 Å². The summed E-state index contributed by atoms with van der Waals surface area (Å²) in [7, 11) is 0. The van der Waals surface area contributed by atoms with Crippen molar-refractivity contribution in [3.05, 3.63) is 55.9 Å². The molecule has 0 aliphatic carbocycles. The molecule has 0 radical (unpaired) electrons. The van der Waals surface area contributed by atoms with E-state index in [4.69, 9.17) is 11.6 Å². The van der Waals surface area contributed by atoms with Crippen LogP contribution in [-0.4, -0.2) is 11.0 Å². The fourth-order valence-electron chi connectivity index (χ4n) is 1.49. The highest BCUT2D eigenvalue weighted by molar-refractivity contribution is 9.11. The van der Waals surface area contributed by atoms with Gasteiger partial charge in [-0.05, 0) is 62.2 Å². The topological polar surface area (TPSA) is 49.3 Å². The van der Waals surface area contributed by atoms with Crippen molar-refractivity contribution in [3.8, 4) is 5.75 Å². The van der Waals surface area contributed by atoms with Gasteiger partial charge in [0.2, 0.25) is 0 Å². The number of aromatic hydroxyl groups is 1. The number of carbonyl (C=O) groups is 1. The summed E-state index contributed by atoms with van der Waals surface area (Å²) in [5.74, 6) is -0.558. The molecule has 2 aromatic carbocycles. The Morgan fingerprint density at radius 2 is 1.79 bits per heavy atom. The van der Waals surface area contributed by atoms with Gasteiger partial charge in [0.25, 0.3) is 5.91 Å². The van der Waals surface area contributed by atoms with Crippen LogP contribution >= 0.6 is 43.5 Å². The van der Waals surface area contributed by atoms with Crippen molar-refractivity contribution in [2.24, 2.45) is 0 Å². The third-order valence-electron chi connectivity index (χ3n) is 2.40. The molecule has 0 atom stereocenters. The van der Waals surface area contributed by atoms with Crippen LogP contribution in [-0.2, 0) is 0 Å². The van der Waals surface area contributed by atoms with Crippen LogP contribution in [0.25, 0.3) is 0 Å². The van der Waals surface area contributed by atoms with Crippen molar-refractivity contribution in [2.75, 3.05) is 5.32 Å².